The first-order chi connectivity index (χ1) is 10.7. The SMILES string of the molecule is CCC1(C(=O)Nc2ccc(-c3n[nH]c(CN)n3)cc2)CCC1. The van der Waals surface area contributed by atoms with Gasteiger partial charge in [0.05, 0.1) is 6.54 Å². The molecule has 1 heterocycles. The molecule has 116 valence electrons. The number of H-pyrrole nitrogens is 1. The molecule has 1 aliphatic carbocycles. The number of nitrogens with one attached hydrogen (secondary N) is 2. The number of benzene rings is 1. The Morgan fingerprint density at radius 3 is 2.59 bits per heavy atom. The molecular weight excluding hydrogens is 278 g/mol. The molecule has 1 saturated carbocycles. The average molecular weight is 299 g/mol. The maximum Gasteiger partial charge on any atom is 0.230 e. The van der Waals surface area contributed by atoms with Gasteiger partial charge in [0.2, 0.25) is 5.91 Å². The molecular formula is C16H21N5O. The summed E-state index contributed by atoms with van der Waals surface area (Å²) in [5.74, 6) is 1.40. The quantitative estimate of drug-likeness (QED) is 0.790. The zero-order chi connectivity index (χ0) is 15.6. The zero-order valence-electron chi connectivity index (χ0n) is 12.7. The Labute approximate surface area is 129 Å². The summed E-state index contributed by atoms with van der Waals surface area (Å²) in [6.45, 7) is 2.42. The highest BCUT2D eigenvalue weighted by atomic mass is 16.2. The molecule has 1 aliphatic rings. The van der Waals surface area contributed by atoms with Crippen LogP contribution in [0.25, 0.3) is 11.4 Å². The van der Waals surface area contributed by atoms with E-state index in [0.29, 0.717) is 18.2 Å². The third-order valence-electron chi connectivity index (χ3n) is 4.60. The first kappa shape index (κ1) is 14.7. The normalized spacial score (nSPS) is 16.1. The van der Waals surface area contributed by atoms with E-state index in [1.807, 2.05) is 24.3 Å². The summed E-state index contributed by atoms with van der Waals surface area (Å²) >= 11 is 0. The third-order valence-corrected chi connectivity index (χ3v) is 4.60. The molecule has 0 saturated heterocycles. The van der Waals surface area contributed by atoms with E-state index in [1.165, 1.54) is 0 Å². The van der Waals surface area contributed by atoms with Gasteiger partial charge in [-0.3, -0.25) is 9.89 Å². The standard InChI is InChI=1S/C16H21N5O/c1-2-16(8-3-9-16)15(22)18-12-6-4-11(5-7-12)14-19-13(10-17)20-21-14/h4-7H,2-3,8-10,17H2,1H3,(H,18,22)(H,19,20,21). The molecule has 4 N–H and O–H groups in total. The van der Waals surface area contributed by atoms with Crippen molar-refractivity contribution in [1.82, 2.24) is 15.2 Å². The van der Waals surface area contributed by atoms with Crippen molar-refractivity contribution in [2.45, 2.75) is 39.2 Å². The van der Waals surface area contributed by atoms with Gasteiger partial charge in [-0.15, -0.1) is 0 Å². The van der Waals surface area contributed by atoms with Crippen LogP contribution in [0.1, 0.15) is 38.4 Å². The summed E-state index contributed by atoms with van der Waals surface area (Å²) in [6, 6.07) is 7.57. The molecule has 6 heteroatoms. The number of amides is 1. The highest BCUT2D eigenvalue weighted by molar-refractivity contribution is 5.96. The molecule has 2 aromatic rings. The minimum atomic E-state index is -0.154. The maximum absolute atomic E-state index is 12.4. The number of hydrogen-bond donors (Lipinski definition) is 3. The van der Waals surface area contributed by atoms with E-state index in [9.17, 15) is 4.79 Å². The van der Waals surface area contributed by atoms with E-state index in [0.717, 1.165) is 36.9 Å². The zero-order valence-corrected chi connectivity index (χ0v) is 12.7. The summed E-state index contributed by atoms with van der Waals surface area (Å²) in [7, 11) is 0. The number of aromatic amines is 1. The highest BCUT2D eigenvalue weighted by Crippen LogP contribution is 2.44. The van der Waals surface area contributed by atoms with Crippen LogP contribution in [0.5, 0.6) is 0 Å². The minimum absolute atomic E-state index is 0.136. The molecule has 1 amide bonds. The monoisotopic (exact) mass is 299 g/mol. The van der Waals surface area contributed by atoms with Crippen LogP contribution < -0.4 is 11.1 Å². The van der Waals surface area contributed by atoms with Crippen molar-refractivity contribution in [2.75, 3.05) is 5.32 Å². The second kappa shape index (κ2) is 5.88. The lowest BCUT2D eigenvalue weighted by atomic mass is 9.66. The van der Waals surface area contributed by atoms with Gasteiger partial charge >= 0.3 is 0 Å². The summed E-state index contributed by atoms with van der Waals surface area (Å²) < 4.78 is 0. The Kier molecular flexibility index (Phi) is 3.94. The molecule has 0 spiro atoms. The number of carbonyl (C=O) groups excluding carboxylic acids is 1. The largest absolute Gasteiger partial charge is 0.326 e. The van der Waals surface area contributed by atoms with Gasteiger partial charge in [-0.2, -0.15) is 5.10 Å². The van der Waals surface area contributed by atoms with Crippen LogP contribution in [0.4, 0.5) is 5.69 Å². The fourth-order valence-electron chi connectivity index (χ4n) is 2.83. The van der Waals surface area contributed by atoms with Crippen LogP contribution in [-0.2, 0) is 11.3 Å². The van der Waals surface area contributed by atoms with E-state index in [2.05, 4.69) is 27.4 Å². The maximum atomic E-state index is 12.4. The lowest BCUT2D eigenvalue weighted by Gasteiger charge is -2.39. The molecule has 3 rings (SSSR count). The first-order valence-electron chi connectivity index (χ1n) is 7.70. The summed E-state index contributed by atoms with van der Waals surface area (Å²) in [6.07, 6.45) is 4.03. The van der Waals surface area contributed by atoms with Gasteiger partial charge < -0.3 is 11.1 Å². The molecule has 0 radical (unpaired) electrons. The van der Waals surface area contributed by atoms with Crippen LogP contribution in [-0.4, -0.2) is 21.1 Å². The smallest absolute Gasteiger partial charge is 0.230 e. The van der Waals surface area contributed by atoms with Crippen molar-refractivity contribution in [1.29, 1.82) is 0 Å². The van der Waals surface area contributed by atoms with Gasteiger partial charge in [0.15, 0.2) is 5.82 Å². The summed E-state index contributed by atoms with van der Waals surface area (Å²) in [5, 5.41) is 9.93. The number of rotatable bonds is 5. The molecule has 0 atom stereocenters. The van der Waals surface area contributed by atoms with E-state index >= 15 is 0 Å². The number of carbonyl (C=O) groups is 1. The van der Waals surface area contributed by atoms with Crippen LogP contribution in [0, 0.1) is 5.41 Å². The summed E-state index contributed by atoms with van der Waals surface area (Å²) in [5.41, 5.74) is 7.06. The van der Waals surface area contributed by atoms with Crippen LogP contribution in [0.3, 0.4) is 0 Å². The van der Waals surface area contributed by atoms with E-state index in [4.69, 9.17) is 5.73 Å². The number of nitrogens with zero attached hydrogens (tertiary/aromatic N) is 2. The van der Waals surface area contributed by atoms with E-state index < -0.39 is 0 Å². The van der Waals surface area contributed by atoms with E-state index in [1.54, 1.807) is 0 Å². The molecule has 1 aromatic heterocycles. The van der Waals surface area contributed by atoms with Gasteiger partial charge in [-0.25, -0.2) is 4.98 Å². The van der Waals surface area contributed by atoms with E-state index in [-0.39, 0.29) is 11.3 Å². The van der Waals surface area contributed by atoms with Gasteiger partial charge in [-0.05, 0) is 43.5 Å². The highest BCUT2D eigenvalue weighted by Gasteiger charge is 2.42. The van der Waals surface area contributed by atoms with Gasteiger partial charge in [0, 0.05) is 16.7 Å². The number of anilines is 1. The molecule has 0 aliphatic heterocycles. The number of aromatic nitrogens is 3. The Bertz CT molecular complexity index is 652. The van der Waals surface area contributed by atoms with Crippen molar-refractivity contribution in [3.8, 4) is 11.4 Å². The van der Waals surface area contributed by atoms with Crippen molar-refractivity contribution in [3.05, 3.63) is 30.1 Å². The molecule has 22 heavy (non-hydrogen) atoms. The third kappa shape index (κ3) is 2.62. The Morgan fingerprint density at radius 2 is 2.09 bits per heavy atom. The van der Waals surface area contributed by atoms with Crippen molar-refractivity contribution in [2.24, 2.45) is 11.1 Å². The molecule has 6 nitrogen and oxygen atoms in total. The minimum Gasteiger partial charge on any atom is -0.326 e. The second-order valence-corrected chi connectivity index (χ2v) is 5.83. The predicted molar refractivity (Wildman–Crippen MR) is 84.9 cm³/mol. The Hall–Kier alpha value is -2.21. The first-order valence-corrected chi connectivity index (χ1v) is 7.70. The molecule has 0 bridgehead atoms. The second-order valence-electron chi connectivity index (χ2n) is 5.83. The topological polar surface area (TPSA) is 96.7 Å². The molecule has 1 aromatic carbocycles. The van der Waals surface area contributed by atoms with Crippen molar-refractivity contribution >= 4 is 11.6 Å². The fraction of sp³-hybridized carbons (Fsp3) is 0.438. The average Bonchev–Trinajstić information content (AvgIpc) is 2.96. The summed E-state index contributed by atoms with van der Waals surface area (Å²) in [4.78, 5) is 16.7. The number of nitrogens with two attached hydrogens (primary N) is 1. The van der Waals surface area contributed by atoms with Crippen LogP contribution >= 0.6 is 0 Å². The Balaban J connectivity index is 1.70. The number of hydrogen-bond acceptors (Lipinski definition) is 4. The van der Waals surface area contributed by atoms with Crippen molar-refractivity contribution < 1.29 is 4.79 Å². The van der Waals surface area contributed by atoms with Crippen LogP contribution in [0.2, 0.25) is 0 Å². The van der Waals surface area contributed by atoms with Crippen LogP contribution in [0.15, 0.2) is 24.3 Å². The lowest BCUT2D eigenvalue weighted by Crippen LogP contribution is -2.41. The van der Waals surface area contributed by atoms with Gasteiger partial charge in [-0.1, -0.05) is 13.3 Å². The van der Waals surface area contributed by atoms with Gasteiger partial charge in [0.25, 0.3) is 0 Å². The van der Waals surface area contributed by atoms with Gasteiger partial charge in [0.1, 0.15) is 5.82 Å². The fourth-order valence-corrected chi connectivity index (χ4v) is 2.83. The predicted octanol–water partition coefficient (Wildman–Crippen LogP) is 2.45. The molecule has 0 unspecified atom stereocenters. The Morgan fingerprint density at radius 1 is 1.36 bits per heavy atom. The molecule has 1 fully saturated rings. The van der Waals surface area contributed by atoms with Crippen molar-refractivity contribution in [3.63, 3.8) is 0 Å². The lowest BCUT2D eigenvalue weighted by molar-refractivity contribution is -0.130.